The SMILES string of the molecule is COc1ccc(C(=O)NCCc2cn3cccc(C)c3n2)c(OC)c1. The molecule has 1 amide bonds. The van der Waals surface area contributed by atoms with Gasteiger partial charge in [0.25, 0.3) is 5.91 Å². The molecule has 0 unspecified atom stereocenters. The minimum absolute atomic E-state index is 0.181. The van der Waals surface area contributed by atoms with Gasteiger partial charge in [0.2, 0.25) is 0 Å². The Bertz CT molecular complexity index is 902. The highest BCUT2D eigenvalue weighted by Gasteiger charge is 2.13. The first-order valence-electron chi connectivity index (χ1n) is 8.06. The number of pyridine rings is 1. The van der Waals surface area contributed by atoms with E-state index in [0.29, 0.717) is 30.0 Å². The summed E-state index contributed by atoms with van der Waals surface area (Å²) in [7, 11) is 3.11. The molecule has 0 saturated carbocycles. The Morgan fingerprint density at radius 3 is 2.80 bits per heavy atom. The van der Waals surface area contributed by atoms with Crippen LogP contribution in [0.5, 0.6) is 11.5 Å². The highest BCUT2D eigenvalue weighted by molar-refractivity contribution is 5.97. The van der Waals surface area contributed by atoms with Crippen molar-refractivity contribution in [3.63, 3.8) is 0 Å². The van der Waals surface area contributed by atoms with Gasteiger partial charge in [-0.3, -0.25) is 4.79 Å². The molecule has 0 aliphatic rings. The zero-order valence-corrected chi connectivity index (χ0v) is 14.6. The van der Waals surface area contributed by atoms with Crippen LogP contribution in [0.2, 0.25) is 0 Å². The van der Waals surface area contributed by atoms with Gasteiger partial charge in [-0.1, -0.05) is 6.07 Å². The zero-order chi connectivity index (χ0) is 17.8. The molecule has 0 bridgehead atoms. The number of carbonyl (C=O) groups excluding carboxylic acids is 1. The highest BCUT2D eigenvalue weighted by atomic mass is 16.5. The molecule has 2 heterocycles. The number of benzene rings is 1. The number of fused-ring (bicyclic) bond motifs is 1. The predicted molar refractivity (Wildman–Crippen MR) is 95.5 cm³/mol. The predicted octanol–water partition coefficient (Wildman–Crippen LogP) is 2.63. The molecule has 130 valence electrons. The molecule has 0 radical (unpaired) electrons. The first-order chi connectivity index (χ1) is 12.1. The second kappa shape index (κ2) is 7.25. The number of amides is 1. The van der Waals surface area contributed by atoms with Crippen molar-refractivity contribution in [2.75, 3.05) is 20.8 Å². The standard InChI is InChI=1S/C19H21N3O3/c1-13-5-4-10-22-12-14(21-18(13)22)8-9-20-19(23)16-7-6-15(24-2)11-17(16)25-3/h4-7,10-12H,8-9H2,1-3H3,(H,20,23). The molecule has 0 aliphatic carbocycles. The maximum Gasteiger partial charge on any atom is 0.255 e. The second-order valence-corrected chi connectivity index (χ2v) is 5.73. The monoisotopic (exact) mass is 339 g/mol. The van der Waals surface area contributed by atoms with Gasteiger partial charge >= 0.3 is 0 Å². The third-order valence-corrected chi connectivity index (χ3v) is 4.05. The summed E-state index contributed by atoms with van der Waals surface area (Å²) < 4.78 is 12.4. The minimum Gasteiger partial charge on any atom is -0.497 e. The summed E-state index contributed by atoms with van der Waals surface area (Å²) in [5, 5.41) is 2.91. The van der Waals surface area contributed by atoms with E-state index in [9.17, 15) is 4.79 Å². The molecule has 3 aromatic rings. The Balaban J connectivity index is 1.65. The number of rotatable bonds is 6. The Morgan fingerprint density at radius 2 is 2.08 bits per heavy atom. The van der Waals surface area contributed by atoms with Crippen molar-refractivity contribution in [1.29, 1.82) is 0 Å². The number of nitrogens with zero attached hydrogens (tertiary/aromatic N) is 2. The quantitative estimate of drug-likeness (QED) is 0.750. The molecule has 0 fully saturated rings. The molecular formula is C19H21N3O3. The largest absolute Gasteiger partial charge is 0.497 e. The van der Waals surface area contributed by atoms with Gasteiger partial charge < -0.3 is 19.2 Å². The van der Waals surface area contributed by atoms with E-state index in [4.69, 9.17) is 9.47 Å². The average Bonchev–Trinajstić information content (AvgIpc) is 3.05. The molecule has 0 atom stereocenters. The first-order valence-corrected chi connectivity index (χ1v) is 8.06. The number of carbonyl (C=O) groups is 1. The van der Waals surface area contributed by atoms with Crippen molar-refractivity contribution in [2.45, 2.75) is 13.3 Å². The molecular weight excluding hydrogens is 318 g/mol. The number of nitrogens with one attached hydrogen (secondary N) is 1. The fourth-order valence-electron chi connectivity index (χ4n) is 2.71. The molecule has 0 aliphatic heterocycles. The van der Waals surface area contributed by atoms with Crippen molar-refractivity contribution in [3.05, 3.63) is 59.5 Å². The normalized spacial score (nSPS) is 10.7. The van der Waals surface area contributed by atoms with Crippen LogP contribution in [0.3, 0.4) is 0 Å². The van der Waals surface area contributed by atoms with Crippen molar-refractivity contribution in [1.82, 2.24) is 14.7 Å². The summed E-state index contributed by atoms with van der Waals surface area (Å²) in [5.74, 6) is 0.952. The summed E-state index contributed by atoms with van der Waals surface area (Å²) in [5.41, 5.74) is 3.49. The van der Waals surface area contributed by atoms with E-state index >= 15 is 0 Å². The Labute approximate surface area is 146 Å². The Hall–Kier alpha value is -3.02. The first kappa shape index (κ1) is 16.8. The average molecular weight is 339 g/mol. The van der Waals surface area contributed by atoms with Gasteiger partial charge in [-0.15, -0.1) is 0 Å². The van der Waals surface area contributed by atoms with E-state index in [0.717, 1.165) is 16.9 Å². The molecule has 1 N–H and O–H groups in total. The van der Waals surface area contributed by atoms with Gasteiger partial charge in [-0.2, -0.15) is 0 Å². The lowest BCUT2D eigenvalue weighted by Gasteiger charge is -2.10. The molecule has 3 rings (SSSR count). The van der Waals surface area contributed by atoms with Gasteiger partial charge in [-0.25, -0.2) is 4.98 Å². The topological polar surface area (TPSA) is 64.9 Å². The van der Waals surface area contributed by atoms with Gasteiger partial charge in [0, 0.05) is 31.4 Å². The summed E-state index contributed by atoms with van der Waals surface area (Å²) >= 11 is 0. The maximum absolute atomic E-state index is 12.4. The van der Waals surface area contributed by atoms with Gasteiger partial charge in [0.15, 0.2) is 0 Å². The lowest BCUT2D eigenvalue weighted by molar-refractivity contribution is 0.0951. The summed E-state index contributed by atoms with van der Waals surface area (Å²) in [4.78, 5) is 17.0. The number of imidazole rings is 1. The number of methoxy groups -OCH3 is 2. The van der Waals surface area contributed by atoms with Crippen LogP contribution in [0.4, 0.5) is 0 Å². The number of hydrogen-bond donors (Lipinski definition) is 1. The van der Waals surface area contributed by atoms with E-state index in [1.807, 2.05) is 35.9 Å². The van der Waals surface area contributed by atoms with Gasteiger partial charge in [0.05, 0.1) is 25.5 Å². The van der Waals surface area contributed by atoms with E-state index in [2.05, 4.69) is 10.3 Å². The van der Waals surface area contributed by atoms with Crippen molar-refractivity contribution >= 4 is 11.6 Å². The lowest BCUT2D eigenvalue weighted by Crippen LogP contribution is -2.26. The number of hydrogen-bond acceptors (Lipinski definition) is 4. The Morgan fingerprint density at radius 1 is 1.24 bits per heavy atom. The maximum atomic E-state index is 12.4. The van der Waals surface area contributed by atoms with Crippen LogP contribution < -0.4 is 14.8 Å². The fraction of sp³-hybridized carbons (Fsp3) is 0.263. The van der Waals surface area contributed by atoms with E-state index in [1.165, 1.54) is 7.11 Å². The van der Waals surface area contributed by atoms with Crippen LogP contribution in [-0.4, -0.2) is 36.1 Å². The van der Waals surface area contributed by atoms with Crippen molar-refractivity contribution in [2.24, 2.45) is 0 Å². The molecule has 2 aromatic heterocycles. The summed E-state index contributed by atoms with van der Waals surface area (Å²) in [6, 6.07) is 9.15. The molecule has 6 nitrogen and oxygen atoms in total. The smallest absolute Gasteiger partial charge is 0.255 e. The Kier molecular flexibility index (Phi) is 4.88. The molecule has 0 saturated heterocycles. The number of aryl methyl sites for hydroxylation is 1. The van der Waals surface area contributed by atoms with Crippen molar-refractivity contribution < 1.29 is 14.3 Å². The fourth-order valence-corrected chi connectivity index (χ4v) is 2.71. The van der Waals surface area contributed by atoms with Gasteiger partial charge in [-0.05, 0) is 30.7 Å². The zero-order valence-electron chi connectivity index (χ0n) is 14.6. The molecule has 1 aromatic carbocycles. The highest BCUT2D eigenvalue weighted by Crippen LogP contribution is 2.24. The van der Waals surface area contributed by atoms with Crippen LogP contribution in [0.25, 0.3) is 5.65 Å². The lowest BCUT2D eigenvalue weighted by atomic mass is 10.1. The molecule has 6 heteroatoms. The third kappa shape index (κ3) is 3.57. The van der Waals surface area contributed by atoms with Crippen LogP contribution in [0.15, 0.2) is 42.7 Å². The minimum atomic E-state index is -0.181. The van der Waals surface area contributed by atoms with E-state index in [1.54, 1.807) is 25.3 Å². The number of aromatic nitrogens is 2. The van der Waals surface area contributed by atoms with Gasteiger partial charge in [0.1, 0.15) is 17.1 Å². The van der Waals surface area contributed by atoms with E-state index < -0.39 is 0 Å². The summed E-state index contributed by atoms with van der Waals surface area (Å²) in [6.45, 7) is 2.53. The van der Waals surface area contributed by atoms with Crippen LogP contribution >= 0.6 is 0 Å². The summed E-state index contributed by atoms with van der Waals surface area (Å²) in [6.07, 6.45) is 4.62. The third-order valence-electron chi connectivity index (χ3n) is 4.05. The molecule has 0 spiro atoms. The van der Waals surface area contributed by atoms with E-state index in [-0.39, 0.29) is 5.91 Å². The molecule has 25 heavy (non-hydrogen) atoms. The number of ether oxygens (including phenoxy) is 2. The van der Waals surface area contributed by atoms with Crippen LogP contribution in [0.1, 0.15) is 21.6 Å². The second-order valence-electron chi connectivity index (χ2n) is 5.73. The van der Waals surface area contributed by atoms with Crippen molar-refractivity contribution in [3.8, 4) is 11.5 Å². The van der Waals surface area contributed by atoms with Crippen LogP contribution in [-0.2, 0) is 6.42 Å². The van der Waals surface area contributed by atoms with Crippen LogP contribution in [0, 0.1) is 6.92 Å².